The zero-order chi connectivity index (χ0) is 6.27. The molecule has 0 saturated carbocycles. The molecule has 0 fully saturated rings. The van der Waals surface area contributed by atoms with Gasteiger partial charge in [-0.2, -0.15) is 0 Å². The Morgan fingerprint density at radius 1 is 1.67 bits per heavy atom. The number of aromatic nitrogens is 2. The molecular weight excluding hydrogens is 118 g/mol. The third-order valence-corrected chi connectivity index (χ3v) is 1.21. The Labute approximate surface area is 50.9 Å². The molecule has 0 aliphatic heterocycles. The predicted molar refractivity (Wildman–Crippen MR) is 31.9 cm³/mol. The summed E-state index contributed by atoms with van der Waals surface area (Å²) >= 11 is 0. The van der Waals surface area contributed by atoms with Gasteiger partial charge in [-0.3, -0.25) is 4.40 Å². The molecule has 2 aromatic rings. The maximum Gasteiger partial charge on any atom is 0.258 e. The van der Waals surface area contributed by atoms with Crippen molar-refractivity contribution in [1.82, 2.24) is 9.56 Å². The molecule has 0 saturated heterocycles. The molecule has 2 aromatic heterocycles. The molecular formula is C5H5N3O. The number of anilines is 1. The van der Waals surface area contributed by atoms with E-state index in [4.69, 9.17) is 10.3 Å². The van der Waals surface area contributed by atoms with Crippen molar-refractivity contribution in [3.8, 4) is 0 Å². The van der Waals surface area contributed by atoms with Crippen molar-refractivity contribution in [2.75, 3.05) is 5.73 Å². The monoisotopic (exact) mass is 123 g/mol. The molecule has 46 valence electrons. The van der Waals surface area contributed by atoms with Crippen molar-refractivity contribution in [2.45, 2.75) is 0 Å². The summed E-state index contributed by atoms with van der Waals surface area (Å²) in [6.45, 7) is 0. The number of fused-ring (bicyclic) bond motifs is 1. The van der Waals surface area contributed by atoms with E-state index in [1.54, 1.807) is 23.0 Å². The first-order valence-corrected chi connectivity index (χ1v) is 2.55. The lowest BCUT2D eigenvalue weighted by Crippen LogP contribution is -1.79. The van der Waals surface area contributed by atoms with Crippen molar-refractivity contribution >= 4 is 11.4 Å². The van der Waals surface area contributed by atoms with Gasteiger partial charge in [0.05, 0.1) is 5.69 Å². The smallest absolute Gasteiger partial charge is 0.258 e. The van der Waals surface area contributed by atoms with Gasteiger partial charge in [0, 0.05) is 6.20 Å². The molecule has 0 spiro atoms. The highest BCUT2D eigenvalue weighted by atomic mass is 16.5. The van der Waals surface area contributed by atoms with Crippen LogP contribution in [0.15, 0.2) is 23.1 Å². The molecule has 0 radical (unpaired) electrons. The number of nitrogens with two attached hydrogens (primary N) is 1. The second-order valence-electron chi connectivity index (χ2n) is 1.80. The summed E-state index contributed by atoms with van der Waals surface area (Å²) in [5.41, 5.74) is 6.69. The van der Waals surface area contributed by atoms with Gasteiger partial charge in [0.2, 0.25) is 0 Å². The van der Waals surface area contributed by atoms with E-state index in [-0.39, 0.29) is 0 Å². The summed E-state index contributed by atoms with van der Waals surface area (Å²) < 4.78 is 6.49. The van der Waals surface area contributed by atoms with Gasteiger partial charge in [0.15, 0.2) is 0 Å². The SMILES string of the molecule is Nc1ccn2cnoc12. The van der Waals surface area contributed by atoms with Gasteiger partial charge in [-0.15, -0.1) is 0 Å². The van der Waals surface area contributed by atoms with Crippen LogP contribution >= 0.6 is 0 Å². The van der Waals surface area contributed by atoms with E-state index in [0.29, 0.717) is 11.4 Å². The van der Waals surface area contributed by atoms with Gasteiger partial charge in [-0.25, -0.2) is 0 Å². The highest BCUT2D eigenvalue weighted by Gasteiger charge is 1.99. The lowest BCUT2D eigenvalue weighted by molar-refractivity contribution is 0.456. The fourth-order valence-electron chi connectivity index (χ4n) is 0.764. The van der Waals surface area contributed by atoms with Crippen LogP contribution in [0.25, 0.3) is 5.71 Å². The summed E-state index contributed by atoms with van der Waals surface area (Å²) in [5, 5.41) is 3.53. The van der Waals surface area contributed by atoms with E-state index in [2.05, 4.69) is 5.16 Å². The minimum Gasteiger partial charge on any atom is -0.394 e. The van der Waals surface area contributed by atoms with E-state index < -0.39 is 0 Å². The van der Waals surface area contributed by atoms with Gasteiger partial charge in [0.1, 0.15) is 6.33 Å². The van der Waals surface area contributed by atoms with Crippen molar-refractivity contribution in [1.29, 1.82) is 0 Å². The average Bonchev–Trinajstić information content (AvgIpc) is 2.35. The largest absolute Gasteiger partial charge is 0.394 e. The molecule has 2 heterocycles. The summed E-state index contributed by atoms with van der Waals surface area (Å²) in [6.07, 6.45) is 3.35. The predicted octanol–water partition coefficient (Wildman–Crippen LogP) is 0.510. The zero-order valence-corrected chi connectivity index (χ0v) is 4.61. The zero-order valence-electron chi connectivity index (χ0n) is 4.61. The van der Waals surface area contributed by atoms with Crippen molar-refractivity contribution in [3.05, 3.63) is 18.6 Å². The molecule has 0 atom stereocenters. The normalized spacial score (nSPS) is 10.7. The van der Waals surface area contributed by atoms with Crippen LogP contribution in [0.2, 0.25) is 0 Å². The van der Waals surface area contributed by atoms with Crippen LogP contribution in [0.3, 0.4) is 0 Å². The summed E-state index contributed by atoms with van der Waals surface area (Å²) in [4.78, 5) is 0. The van der Waals surface area contributed by atoms with Crippen LogP contribution in [0.5, 0.6) is 0 Å². The highest BCUT2D eigenvalue weighted by Crippen LogP contribution is 2.12. The maximum absolute atomic E-state index is 5.47. The maximum atomic E-state index is 5.47. The molecule has 9 heavy (non-hydrogen) atoms. The minimum absolute atomic E-state index is 0.606. The minimum atomic E-state index is 0.606. The second-order valence-corrected chi connectivity index (χ2v) is 1.80. The van der Waals surface area contributed by atoms with E-state index >= 15 is 0 Å². The Bertz CT molecular complexity index is 321. The van der Waals surface area contributed by atoms with Crippen LogP contribution in [0.1, 0.15) is 0 Å². The Balaban J connectivity index is 2.99. The highest BCUT2D eigenvalue weighted by molar-refractivity contribution is 5.62. The Kier molecular flexibility index (Phi) is 0.631. The first-order valence-electron chi connectivity index (χ1n) is 2.55. The van der Waals surface area contributed by atoms with Gasteiger partial charge < -0.3 is 10.3 Å². The van der Waals surface area contributed by atoms with Crippen LogP contribution < -0.4 is 5.73 Å². The van der Waals surface area contributed by atoms with E-state index in [9.17, 15) is 0 Å². The first kappa shape index (κ1) is 4.43. The van der Waals surface area contributed by atoms with Gasteiger partial charge in [-0.1, -0.05) is 5.16 Å². The molecule has 0 aliphatic carbocycles. The van der Waals surface area contributed by atoms with Crippen LogP contribution in [-0.2, 0) is 0 Å². The molecule has 0 aliphatic rings. The van der Waals surface area contributed by atoms with Crippen molar-refractivity contribution in [2.24, 2.45) is 0 Å². The summed E-state index contributed by atoms with van der Waals surface area (Å²) in [5.74, 6) is 0. The third kappa shape index (κ3) is 0.440. The van der Waals surface area contributed by atoms with Gasteiger partial charge in [0.25, 0.3) is 5.71 Å². The number of hydrogen-bond donors (Lipinski definition) is 1. The van der Waals surface area contributed by atoms with E-state index in [0.717, 1.165) is 0 Å². The molecule has 0 unspecified atom stereocenters. The average molecular weight is 123 g/mol. The number of nitrogens with zero attached hydrogens (tertiary/aromatic N) is 2. The van der Waals surface area contributed by atoms with E-state index in [1.165, 1.54) is 0 Å². The molecule has 0 bridgehead atoms. The fraction of sp³-hybridized carbons (Fsp3) is 0. The van der Waals surface area contributed by atoms with Gasteiger partial charge >= 0.3 is 0 Å². The lowest BCUT2D eigenvalue weighted by atomic mass is 10.6. The first-order chi connectivity index (χ1) is 4.38. The quantitative estimate of drug-likeness (QED) is 0.555. The molecule has 4 nitrogen and oxygen atoms in total. The lowest BCUT2D eigenvalue weighted by Gasteiger charge is -1.76. The second kappa shape index (κ2) is 1.28. The van der Waals surface area contributed by atoms with Crippen LogP contribution in [0.4, 0.5) is 5.69 Å². The van der Waals surface area contributed by atoms with Crippen LogP contribution in [0, 0.1) is 0 Å². The topological polar surface area (TPSA) is 56.5 Å². The van der Waals surface area contributed by atoms with Crippen molar-refractivity contribution < 1.29 is 4.52 Å². The molecule has 2 rings (SSSR count). The summed E-state index contributed by atoms with van der Waals surface area (Å²) in [7, 11) is 0. The van der Waals surface area contributed by atoms with Crippen LogP contribution in [-0.4, -0.2) is 9.56 Å². The Morgan fingerprint density at radius 2 is 2.56 bits per heavy atom. The van der Waals surface area contributed by atoms with Gasteiger partial charge in [-0.05, 0) is 6.07 Å². The summed E-state index contributed by atoms with van der Waals surface area (Å²) in [6, 6.07) is 1.76. The fourth-order valence-corrected chi connectivity index (χ4v) is 0.764. The Hall–Kier alpha value is -1.45. The molecule has 0 aromatic carbocycles. The number of hydrogen-bond acceptors (Lipinski definition) is 3. The molecule has 4 heteroatoms. The third-order valence-electron chi connectivity index (χ3n) is 1.21. The Morgan fingerprint density at radius 3 is 3.33 bits per heavy atom. The molecule has 0 amide bonds. The molecule has 2 N–H and O–H groups in total. The number of nitrogen functional groups attached to an aromatic ring is 1. The number of rotatable bonds is 0. The van der Waals surface area contributed by atoms with Crippen molar-refractivity contribution in [3.63, 3.8) is 0 Å². The standard InChI is InChI=1S/C5H5N3O/c6-4-1-2-8-3-7-9-5(4)8/h1-3H,6H2. The van der Waals surface area contributed by atoms with E-state index in [1.807, 2.05) is 0 Å².